The molecule has 1 aromatic carbocycles. The van der Waals surface area contributed by atoms with E-state index in [9.17, 15) is 9.59 Å². The van der Waals surface area contributed by atoms with Crippen LogP contribution >= 0.6 is 23.7 Å². The van der Waals surface area contributed by atoms with Gasteiger partial charge in [-0.05, 0) is 30.4 Å². The van der Waals surface area contributed by atoms with Gasteiger partial charge in [0, 0.05) is 18.8 Å². The number of hydrogen-bond acceptors (Lipinski definition) is 5. The molecule has 0 atom stereocenters. The molecule has 2 rings (SSSR count). The number of amides is 3. The number of anilines is 1. The van der Waals surface area contributed by atoms with Gasteiger partial charge in [-0.25, -0.2) is 15.6 Å². The zero-order valence-corrected chi connectivity index (χ0v) is 15.5. The molecule has 0 radical (unpaired) electrons. The Bertz CT molecular complexity index is 705. The molecular weight excluding hydrogens is 362 g/mol. The number of aryl methyl sites for hydroxylation is 2. The Morgan fingerprint density at radius 3 is 2.32 bits per heavy atom. The van der Waals surface area contributed by atoms with Crippen LogP contribution < -0.4 is 16.9 Å². The van der Waals surface area contributed by atoms with E-state index in [-0.39, 0.29) is 18.3 Å². The first-order chi connectivity index (χ1) is 11.4. The lowest BCUT2D eigenvalue weighted by Gasteiger charge is -2.13. The number of nitrogens with one attached hydrogen (secondary N) is 1. The molecule has 2 aromatic rings. The fraction of sp³-hybridized carbons (Fsp3) is 0.312. The second-order valence-electron chi connectivity index (χ2n) is 5.42. The summed E-state index contributed by atoms with van der Waals surface area (Å²) in [6, 6.07) is 7.53. The number of rotatable bonds is 7. The molecule has 0 aliphatic rings. The van der Waals surface area contributed by atoms with E-state index in [0.717, 1.165) is 29.1 Å². The van der Waals surface area contributed by atoms with Crippen molar-refractivity contribution in [1.82, 2.24) is 9.99 Å². The number of benzene rings is 1. The van der Waals surface area contributed by atoms with Gasteiger partial charge >= 0.3 is 6.03 Å². The summed E-state index contributed by atoms with van der Waals surface area (Å²) < 4.78 is 0. The molecule has 0 aliphatic carbocycles. The second kappa shape index (κ2) is 9.97. The van der Waals surface area contributed by atoms with Crippen LogP contribution in [0.2, 0.25) is 0 Å². The zero-order valence-electron chi connectivity index (χ0n) is 13.9. The lowest BCUT2D eigenvalue weighted by molar-refractivity contribution is -0.114. The average Bonchev–Trinajstić information content (AvgIpc) is 2.98. The smallest absolute Gasteiger partial charge is 0.328 e. The van der Waals surface area contributed by atoms with Gasteiger partial charge in [-0.3, -0.25) is 9.80 Å². The number of hydrogen-bond donors (Lipinski definition) is 3. The summed E-state index contributed by atoms with van der Waals surface area (Å²) in [6.45, 7) is 1.86. The predicted molar refractivity (Wildman–Crippen MR) is 102 cm³/mol. The average molecular weight is 384 g/mol. The Kier molecular flexibility index (Phi) is 8.33. The standard InChI is InChI=1S/C16H21N5O2S.ClH/c1-11(22)19-16-20-14(10-24-16)7-6-12-2-4-13(5-3-12)8-9-21(18)15(17)23;/h2-5,10H,6-9,18H2,1H3,(H2,17,23)(H,19,20,22);1H. The number of primary amides is 1. The Morgan fingerprint density at radius 1 is 1.16 bits per heavy atom. The number of carbonyl (C=O) groups is 2. The molecule has 0 spiro atoms. The number of hydrazine groups is 1. The highest BCUT2D eigenvalue weighted by Gasteiger charge is 2.05. The highest BCUT2D eigenvalue weighted by atomic mass is 35.5. The molecule has 25 heavy (non-hydrogen) atoms. The van der Waals surface area contributed by atoms with E-state index >= 15 is 0 Å². The van der Waals surface area contributed by atoms with Gasteiger partial charge in [0.15, 0.2) is 5.13 Å². The molecule has 1 aromatic heterocycles. The van der Waals surface area contributed by atoms with Gasteiger partial charge in [-0.1, -0.05) is 24.3 Å². The zero-order chi connectivity index (χ0) is 17.5. The molecule has 5 N–H and O–H groups in total. The molecule has 3 amide bonds. The first-order valence-corrected chi connectivity index (χ1v) is 8.43. The molecule has 0 aliphatic heterocycles. The SMILES string of the molecule is CC(=O)Nc1nc(CCc2ccc(CCN(N)C(N)=O)cc2)cs1.Cl. The van der Waals surface area contributed by atoms with Crippen LogP contribution in [0.1, 0.15) is 23.7 Å². The van der Waals surface area contributed by atoms with Gasteiger partial charge in [0.2, 0.25) is 5.91 Å². The van der Waals surface area contributed by atoms with Crippen LogP contribution in [-0.2, 0) is 24.1 Å². The molecule has 136 valence electrons. The maximum absolute atomic E-state index is 11.0. The van der Waals surface area contributed by atoms with E-state index in [4.69, 9.17) is 11.6 Å². The van der Waals surface area contributed by atoms with Crippen molar-refractivity contribution in [3.63, 3.8) is 0 Å². The Labute approximate surface area is 156 Å². The molecular formula is C16H22ClN5O2S. The van der Waals surface area contributed by atoms with Crippen LogP contribution in [0.15, 0.2) is 29.6 Å². The maximum Gasteiger partial charge on any atom is 0.328 e. The Morgan fingerprint density at radius 2 is 1.76 bits per heavy atom. The van der Waals surface area contributed by atoms with Crippen LogP contribution in [0.25, 0.3) is 0 Å². The second-order valence-corrected chi connectivity index (χ2v) is 6.28. The van der Waals surface area contributed by atoms with Gasteiger partial charge in [0.1, 0.15) is 0 Å². The van der Waals surface area contributed by atoms with Gasteiger partial charge < -0.3 is 11.1 Å². The van der Waals surface area contributed by atoms with Crippen LogP contribution in [0.4, 0.5) is 9.93 Å². The molecule has 0 saturated heterocycles. The van der Waals surface area contributed by atoms with Crippen molar-refractivity contribution in [2.24, 2.45) is 11.6 Å². The quantitative estimate of drug-likeness (QED) is 0.386. The minimum atomic E-state index is -0.631. The number of urea groups is 1. The lowest BCUT2D eigenvalue weighted by atomic mass is 10.0. The van der Waals surface area contributed by atoms with Gasteiger partial charge in [-0.15, -0.1) is 23.7 Å². The fourth-order valence-electron chi connectivity index (χ4n) is 2.13. The number of nitrogens with two attached hydrogens (primary N) is 2. The highest BCUT2D eigenvalue weighted by Crippen LogP contribution is 2.17. The molecule has 9 heteroatoms. The third-order valence-corrected chi connectivity index (χ3v) is 4.26. The van der Waals surface area contributed by atoms with Crippen molar-refractivity contribution in [1.29, 1.82) is 0 Å². The van der Waals surface area contributed by atoms with Crippen molar-refractivity contribution >= 4 is 40.8 Å². The third kappa shape index (κ3) is 7.08. The topological polar surface area (TPSA) is 114 Å². The predicted octanol–water partition coefficient (Wildman–Crippen LogP) is 2.11. The van der Waals surface area contributed by atoms with Crippen LogP contribution in [0.3, 0.4) is 0 Å². The Balaban J connectivity index is 0.00000312. The summed E-state index contributed by atoms with van der Waals surface area (Å²) in [4.78, 5) is 26.2. The largest absolute Gasteiger partial charge is 0.350 e. The van der Waals surface area contributed by atoms with E-state index in [1.54, 1.807) is 0 Å². The lowest BCUT2D eigenvalue weighted by Crippen LogP contribution is -2.42. The summed E-state index contributed by atoms with van der Waals surface area (Å²) >= 11 is 1.43. The summed E-state index contributed by atoms with van der Waals surface area (Å²) in [5.41, 5.74) is 8.34. The van der Waals surface area contributed by atoms with Crippen LogP contribution in [0.5, 0.6) is 0 Å². The van der Waals surface area contributed by atoms with Gasteiger partial charge in [0.05, 0.1) is 5.69 Å². The normalized spacial score (nSPS) is 10.0. The van der Waals surface area contributed by atoms with Crippen molar-refractivity contribution in [3.8, 4) is 0 Å². The fourth-order valence-corrected chi connectivity index (χ4v) is 2.93. The van der Waals surface area contributed by atoms with Crippen LogP contribution in [-0.4, -0.2) is 28.5 Å². The van der Waals surface area contributed by atoms with E-state index in [0.29, 0.717) is 18.1 Å². The number of thiazole rings is 1. The van der Waals surface area contributed by atoms with Gasteiger partial charge in [0.25, 0.3) is 0 Å². The first-order valence-electron chi connectivity index (χ1n) is 7.55. The van der Waals surface area contributed by atoms with Crippen molar-refractivity contribution in [3.05, 3.63) is 46.5 Å². The van der Waals surface area contributed by atoms with Gasteiger partial charge in [-0.2, -0.15) is 0 Å². The van der Waals surface area contributed by atoms with Crippen molar-refractivity contribution in [2.75, 3.05) is 11.9 Å². The maximum atomic E-state index is 11.0. The summed E-state index contributed by atoms with van der Waals surface area (Å²) in [5.74, 6) is 5.35. The monoisotopic (exact) mass is 383 g/mol. The molecule has 7 nitrogen and oxygen atoms in total. The van der Waals surface area contributed by atoms with Crippen molar-refractivity contribution < 1.29 is 9.59 Å². The number of aromatic nitrogens is 1. The van der Waals surface area contributed by atoms with E-state index in [1.807, 2.05) is 17.5 Å². The molecule has 0 bridgehead atoms. The molecule has 0 unspecified atom stereocenters. The number of carbonyl (C=O) groups excluding carboxylic acids is 2. The van der Waals surface area contributed by atoms with E-state index in [2.05, 4.69) is 22.4 Å². The summed E-state index contributed by atoms with van der Waals surface area (Å²) in [5, 5.41) is 6.28. The Hall–Kier alpha value is -2.16. The van der Waals surface area contributed by atoms with E-state index in [1.165, 1.54) is 23.8 Å². The first kappa shape index (κ1) is 20.9. The molecule has 0 fully saturated rings. The summed E-state index contributed by atoms with van der Waals surface area (Å²) in [6.07, 6.45) is 2.34. The van der Waals surface area contributed by atoms with Crippen molar-refractivity contribution in [2.45, 2.75) is 26.2 Å². The van der Waals surface area contributed by atoms with E-state index < -0.39 is 6.03 Å². The highest BCUT2D eigenvalue weighted by molar-refractivity contribution is 7.13. The molecule has 0 saturated carbocycles. The number of halogens is 1. The molecule has 1 heterocycles. The third-order valence-electron chi connectivity index (χ3n) is 3.45. The minimum Gasteiger partial charge on any atom is -0.350 e. The summed E-state index contributed by atoms with van der Waals surface area (Å²) in [7, 11) is 0. The van der Waals surface area contributed by atoms with Crippen LogP contribution in [0, 0.1) is 0 Å². The number of nitrogens with zero attached hydrogens (tertiary/aromatic N) is 2. The minimum absolute atomic E-state index is 0.